The summed E-state index contributed by atoms with van der Waals surface area (Å²) in [5.41, 5.74) is 0. The molecule has 0 aromatic heterocycles. The summed E-state index contributed by atoms with van der Waals surface area (Å²) in [5.74, 6) is 0. The van der Waals surface area contributed by atoms with Crippen LogP contribution in [0.2, 0.25) is 0 Å². The molecule has 0 amide bonds. The van der Waals surface area contributed by atoms with E-state index in [0.717, 1.165) is 0 Å². The van der Waals surface area contributed by atoms with Crippen LogP contribution in [0.3, 0.4) is 0 Å². The minimum absolute atomic E-state index is 0. The Labute approximate surface area is 129 Å². The quantitative estimate of drug-likeness (QED) is 0.476. The molecule has 0 bridgehead atoms. The van der Waals surface area contributed by atoms with E-state index in [1.54, 1.807) is 0 Å². The van der Waals surface area contributed by atoms with Crippen molar-refractivity contribution >= 4 is 123 Å². The third-order valence-electron chi connectivity index (χ3n) is 0. The molecule has 0 nitrogen and oxygen atoms in total. The second-order valence-corrected chi connectivity index (χ2v) is 0. The Hall–Kier alpha value is 3.87. The van der Waals surface area contributed by atoms with Crippen LogP contribution in [0.4, 0.5) is 0 Å². The van der Waals surface area contributed by atoms with Gasteiger partial charge in [-0.25, -0.2) is 0 Å². The zero-order valence-electron chi connectivity index (χ0n) is 8.94. The summed E-state index contributed by atoms with van der Waals surface area (Å²) in [4.78, 5) is 0. The Balaban J connectivity index is 0. The minimum atomic E-state index is 0. The van der Waals surface area contributed by atoms with Gasteiger partial charge in [-0.15, -0.1) is 24.8 Å². The summed E-state index contributed by atoms with van der Waals surface area (Å²) >= 11 is 0. The van der Waals surface area contributed by atoms with E-state index in [1.165, 1.54) is 0 Å². The molecule has 0 aromatic rings. The van der Waals surface area contributed by atoms with Crippen molar-refractivity contribution in [1.29, 1.82) is 0 Å². The standard InChI is InChI=1S/2Ca.2ClH.Mg.6H/h;;2*1H;;;;;;;/q2*+2;;;+2;6*-1. The number of halogens is 2. The van der Waals surface area contributed by atoms with Crippen molar-refractivity contribution in [2.75, 3.05) is 0 Å². The molecule has 0 atom stereocenters. The van der Waals surface area contributed by atoms with Crippen LogP contribution in [0, 0.1) is 0 Å². The molecule has 0 radical (unpaired) electrons. The van der Waals surface area contributed by atoms with E-state index in [1.807, 2.05) is 0 Å². The van der Waals surface area contributed by atoms with Crippen molar-refractivity contribution < 1.29 is 8.56 Å². The predicted octanol–water partition coefficient (Wildman–Crippen LogP) is 0.376. The molecule has 0 saturated heterocycles. The summed E-state index contributed by atoms with van der Waals surface area (Å²) in [5, 5.41) is 0. The Bertz CT molecular complexity index is 18.5. The van der Waals surface area contributed by atoms with Gasteiger partial charge < -0.3 is 8.56 Å². The van der Waals surface area contributed by atoms with Crippen LogP contribution in [0.5, 0.6) is 0 Å². The Morgan fingerprint density at radius 2 is 0.800 bits per heavy atom. The van der Waals surface area contributed by atoms with E-state index in [-0.39, 0.29) is 132 Å². The SMILES string of the molecule is Cl.Cl.[Ca+2].[Ca+2].[H-].[H-].[H-].[H-].[H-].[H-].[Mg+2]. The third-order valence-corrected chi connectivity index (χ3v) is 0. The third kappa shape index (κ3) is 18.1. The van der Waals surface area contributed by atoms with Crippen LogP contribution < -0.4 is 0 Å². The largest absolute Gasteiger partial charge is 2.00 e. The van der Waals surface area contributed by atoms with E-state index >= 15 is 0 Å². The molecule has 28 valence electrons. The monoisotopic (exact) mass is 182 g/mol. The average molecular weight is 183 g/mol. The molecular weight excluding hydrogens is 175 g/mol. The van der Waals surface area contributed by atoms with Gasteiger partial charge in [-0.3, -0.25) is 0 Å². The summed E-state index contributed by atoms with van der Waals surface area (Å²) in [6.45, 7) is 0. The first-order valence-corrected chi connectivity index (χ1v) is 0. The average Bonchev–Trinajstić information content (AvgIpc) is 0. The van der Waals surface area contributed by atoms with Gasteiger partial charge in [0, 0.05) is 0 Å². The van der Waals surface area contributed by atoms with Gasteiger partial charge in [0.15, 0.2) is 0 Å². The Morgan fingerprint density at radius 1 is 0.800 bits per heavy atom. The van der Waals surface area contributed by atoms with Crippen LogP contribution in [0.25, 0.3) is 0 Å². The maximum atomic E-state index is 0. The predicted molar refractivity (Wildman–Crippen MR) is 38.4 cm³/mol. The van der Waals surface area contributed by atoms with Crippen LogP contribution in [0.1, 0.15) is 8.56 Å². The first kappa shape index (κ1) is 36.7. The van der Waals surface area contributed by atoms with Gasteiger partial charge in [0.2, 0.25) is 0 Å². The van der Waals surface area contributed by atoms with E-state index in [0.29, 0.717) is 0 Å². The molecule has 0 heterocycles. The van der Waals surface area contributed by atoms with Crippen molar-refractivity contribution in [2.45, 2.75) is 0 Å². The summed E-state index contributed by atoms with van der Waals surface area (Å²) in [6, 6.07) is 0. The van der Waals surface area contributed by atoms with E-state index in [2.05, 4.69) is 0 Å². The zero-order valence-corrected chi connectivity index (χ0v) is 10.4. The van der Waals surface area contributed by atoms with E-state index in [9.17, 15) is 0 Å². The second kappa shape index (κ2) is 24.8. The minimum Gasteiger partial charge on any atom is -1.00 e. The zero-order chi connectivity index (χ0) is 0. The summed E-state index contributed by atoms with van der Waals surface area (Å²) in [6.07, 6.45) is 0. The van der Waals surface area contributed by atoms with Crippen LogP contribution in [0.15, 0.2) is 0 Å². The molecule has 0 N–H and O–H groups in total. The molecule has 0 fully saturated rings. The van der Waals surface area contributed by atoms with Gasteiger partial charge in [-0.05, 0) is 0 Å². The van der Waals surface area contributed by atoms with Crippen molar-refractivity contribution in [3.05, 3.63) is 0 Å². The molecule has 0 aliphatic rings. The van der Waals surface area contributed by atoms with Crippen LogP contribution in [-0.2, 0) is 0 Å². The van der Waals surface area contributed by atoms with Gasteiger partial charge in [-0.1, -0.05) is 0 Å². The first-order valence-electron chi connectivity index (χ1n) is 0. The fourth-order valence-electron chi connectivity index (χ4n) is 0. The molecule has 0 aliphatic carbocycles. The smallest absolute Gasteiger partial charge is 1.00 e. The molecular formula is H8Ca2Cl2Mg. The van der Waals surface area contributed by atoms with Crippen molar-refractivity contribution in [2.24, 2.45) is 0 Å². The topological polar surface area (TPSA) is 0 Å². The Morgan fingerprint density at radius 3 is 0.800 bits per heavy atom. The maximum absolute atomic E-state index is 0. The van der Waals surface area contributed by atoms with E-state index < -0.39 is 0 Å². The molecule has 5 heavy (non-hydrogen) atoms. The number of hydrogen-bond donors (Lipinski definition) is 0. The van der Waals surface area contributed by atoms with Crippen molar-refractivity contribution in [3.63, 3.8) is 0 Å². The van der Waals surface area contributed by atoms with Gasteiger partial charge in [0.25, 0.3) is 0 Å². The fourth-order valence-corrected chi connectivity index (χ4v) is 0. The van der Waals surface area contributed by atoms with Crippen molar-refractivity contribution in [3.8, 4) is 0 Å². The van der Waals surface area contributed by atoms with Gasteiger partial charge in [0.05, 0.1) is 0 Å². The molecule has 0 spiro atoms. The van der Waals surface area contributed by atoms with Gasteiger partial charge in [0.1, 0.15) is 0 Å². The number of hydrogen-bond acceptors (Lipinski definition) is 0. The van der Waals surface area contributed by atoms with Gasteiger partial charge >= 0.3 is 98.5 Å². The number of rotatable bonds is 0. The van der Waals surface area contributed by atoms with Crippen LogP contribution in [-0.4, -0.2) is 98.5 Å². The summed E-state index contributed by atoms with van der Waals surface area (Å²) < 4.78 is 0. The fraction of sp³-hybridized carbons (Fsp3) is 0. The first-order chi connectivity index (χ1) is 0. The van der Waals surface area contributed by atoms with Crippen LogP contribution >= 0.6 is 24.8 Å². The molecule has 0 rings (SSSR count). The molecule has 0 unspecified atom stereocenters. The molecule has 5 heteroatoms. The second-order valence-electron chi connectivity index (χ2n) is 0. The van der Waals surface area contributed by atoms with Crippen molar-refractivity contribution in [1.82, 2.24) is 0 Å². The van der Waals surface area contributed by atoms with Gasteiger partial charge in [-0.2, -0.15) is 0 Å². The summed E-state index contributed by atoms with van der Waals surface area (Å²) in [7, 11) is 0. The normalized spacial score (nSPS) is 0. The Kier molecular flexibility index (Phi) is 182. The molecule has 0 aromatic carbocycles. The molecule has 0 aliphatic heterocycles. The molecule has 0 saturated carbocycles. The van der Waals surface area contributed by atoms with E-state index in [4.69, 9.17) is 0 Å². The maximum Gasteiger partial charge on any atom is 2.00 e.